The molecule has 0 aliphatic heterocycles. The van der Waals surface area contributed by atoms with Gasteiger partial charge in [0.2, 0.25) is 0 Å². The van der Waals surface area contributed by atoms with Crippen LogP contribution in [0.15, 0.2) is 35.7 Å². The molecule has 7 heteroatoms. The Balaban J connectivity index is 2.41. The van der Waals surface area contributed by atoms with Crippen molar-refractivity contribution in [2.45, 2.75) is 18.7 Å². The van der Waals surface area contributed by atoms with E-state index in [4.69, 9.17) is 0 Å². The van der Waals surface area contributed by atoms with Crippen molar-refractivity contribution >= 4 is 10.0 Å². The van der Waals surface area contributed by atoms with Gasteiger partial charge in [-0.1, -0.05) is 12.1 Å². The summed E-state index contributed by atoms with van der Waals surface area (Å²) in [6.07, 6.45) is 2.45. The van der Waals surface area contributed by atoms with Crippen LogP contribution in [0.1, 0.15) is 11.1 Å². The average molecular weight is 251 g/mol. The van der Waals surface area contributed by atoms with Gasteiger partial charge in [-0.3, -0.25) is 0 Å². The molecule has 0 spiro atoms. The van der Waals surface area contributed by atoms with Crippen molar-refractivity contribution in [3.63, 3.8) is 0 Å². The molecular formula is C10H11N4O2S-. The van der Waals surface area contributed by atoms with E-state index in [1.807, 2.05) is 13.0 Å². The lowest BCUT2D eigenvalue weighted by Crippen LogP contribution is -2.05. The van der Waals surface area contributed by atoms with Gasteiger partial charge in [-0.25, -0.2) is 8.42 Å². The van der Waals surface area contributed by atoms with Crippen LogP contribution in [0.25, 0.3) is 4.83 Å². The van der Waals surface area contributed by atoms with Crippen LogP contribution in [-0.4, -0.2) is 23.3 Å². The number of hydrogen-bond donors (Lipinski definition) is 0. The zero-order valence-corrected chi connectivity index (χ0v) is 10.2. The van der Waals surface area contributed by atoms with E-state index in [2.05, 4.69) is 15.0 Å². The van der Waals surface area contributed by atoms with E-state index in [9.17, 15) is 8.42 Å². The molecule has 0 radical (unpaired) electrons. The third-order valence-electron chi connectivity index (χ3n) is 2.23. The van der Waals surface area contributed by atoms with Crippen molar-refractivity contribution < 1.29 is 8.42 Å². The quantitative estimate of drug-likeness (QED) is 0.826. The van der Waals surface area contributed by atoms with Crippen LogP contribution in [0, 0.1) is 13.8 Å². The maximum atomic E-state index is 12.0. The molecule has 2 aromatic rings. The van der Waals surface area contributed by atoms with Crippen molar-refractivity contribution in [3.05, 3.63) is 46.8 Å². The molecule has 0 aliphatic rings. The van der Waals surface area contributed by atoms with E-state index in [1.54, 1.807) is 19.1 Å². The van der Waals surface area contributed by atoms with Gasteiger partial charge in [-0.05, 0) is 31.0 Å². The Morgan fingerprint density at radius 2 is 1.82 bits per heavy atom. The molecule has 0 unspecified atom stereocenters. The highest BCUT2D eigenvalue weighted by Gasteiger charge is 2.08. The number of rotatable bonds is 3. The first-order chi connectivity index (χ1) is 7.99. The van der Waals surface area contributed by atoms with Crippen molar-refractivity contribution in [1.82, 2.24) is 14.9 Å². The predicted octanol–water partition coefficient (Wildman–Crippen LogP) is 1.42. The highest BCUT2D eigenvalue weighted by atomic mass is 32.2. The number of nitrogens with zero attached hydrogens (tertiary/aromatic N) is 4. The van der Waals surface area contributed by atoms with Gasteiger partial charge in [-0.2, -0.15) is 0 Å². The Hall–Kier alpha value is -1.89. The van der Waals surface area contributed by atoms with Crippen molar-refractivity contribution in [2.24, 2.45) is 0 Å². The number of aryl methyl sites for hydroxylation is 2. The van der Waals surface area contributed by atoms with Crippen LogP contribution >= 0.6 is 0 Å². The van der Waals surface area contributed by atoms with E-state index in [0.29, 0.717) is 5.56 Å². The fraction of sp³-hybridized carbons (Fsp3) is 0.200. The highest BCUT2D eigenvalue weighted by molar-refractivity contribution is 7.94. The van der Waals surface area contributed by atoms with Crippen molar-refractivity contribution in [1.29, 1.82) is 0 Å². The predicted molar refractivity (Wildman–Crippen MR) is 61.9 cm³/mol. The Morgan fingerprint density at radius 1 is 1.18 bits per heavy atom. The molecule has 2 rings (SSSR count). The molecule has 0 fully saturated rings. The summed E-state index contributed by atoms with van der Waals surface area (Å²) in [5.41, 5.74) is 1.53. The van der Waals surface area contributed by atoms with E-state index in [-0.39, 0.29) is 4.90 Å². The van der Waals surface area contributed by atoms with Gasteiger partial charge < -0.3 is 9.51 Å². The largest absolute Gasteiger partial charge is 0.503 e. The van der Waals surface area contributed by atoms with E-state index >= 15 is 0 Å². The topological polar surface area (TPSA) is 79.0 Å². The zero-order valence-electron chi connectivity index (χ0n) is 9.40. The molecular weight excluding hydrogens is 240 g/mol. The Labute approximate surface area is 99.3 Å². The summed E-state index contributed by atoms with van der Waals surface area (Å²) in [5.74, 6) is 0. The standard InChI is InChI=1S/C10H11N4O2S/c1-8-3-4-9(2)10(5-8)17(15,16)13-14-6-11-12-7-14/h3-7H,1-2H3/q-1. The SMILES string of the molecule is Cc1ccc(C)c(S(=O)(=O)[N-]n2cnnc2)c1. The minimum Gasteiger partial charge on any atom is -0.503 e. The fourth-order valence-corrected chi connectivity index (χ4v) is 2.62. The molecule has 17 heavy (non-hydrogen) atoms. The molecule has 1 heterocycles. The van der Waals surface area contributed by atoms with Crippen LogP contribution < -0.4 is 0 Å². The molecule has 0 saturated carbocycles. The smallest absolute Gasteiger partial charge is 0.134 e. The normalized spacial score (nSPS) is 11.4. The van der Waals surface area contributed by atoms with Gasteiger partial charge in [0.15, 0.2) is 0 Å². The van der Waals surface area contributed by atoms with Gasteiger partial charge in [0.1, 0.15) is 22.7 Å². The number of aromatic nitrogens is 3. The lowest BCUT2D eigenvalue weighted by atomic mass is 10.2. The molecule has 0 saturated heterocycles. The van der Waals surface area contributed by atoms with Gasteiger partial charge >= 0.3 is 0 Å². The average Bonchev–Trinajstić information content (AvgIpc) is 2.73. The van der Waals surface area contributed by atoms with Crippen LogP contribution in [0.4, 0.5) is 0 Å². The molecule has 0 bridgehead atoms. The molecule has 90 valence electrons. The first-order valence-corrected chi connectivity index (χ1v) is 6.33. The molecule has 1 aromatic heterocycles. The third kappa shape index (κ3) is 2.44. The summed E-state index contributed by atoms with van der Waals surface area (Å²) in [7, 11) is -3.73. The second-order valence-corrected chi connectivity index (χ2v) is 5.22. The van der Waals surface area contributed by atoms with Crippen LogP contribution in [0.5, 0.6) is 0 Å². The minimum atomic E-state index is -3.73. The maximum absolute atomic E-state index is 12.0. The first kappa shape index (κ1) is 11.6. The first-order valence-electron chi connectivity index (χ1n) is 4.89. The highest BCUT2D eigenvalue weighted by Crippen LogP contribution is 2.22. The van der Waals surface area contributed by atoms with Crippen molar-refractivity contribution in [2.75, 3.05) is 0 Å². The fourth-order valence-electron chi connectivity index (χ4n) is 1.39. The minimum absolute atomic E-state index is 0.200. The van der Waals surface area contributed by atoms with Crippen LogP contribution in [0.2, 0.25) is 0 Å². The number of hydrogen-bond acceptors (Lipinski definition) is 4. The third-order valence-corrected chi connectivity index (χ3v) is 3.63. The summed E-state index contributed by atoms with van der Waals surface area (Å²) in [5, 5.41) is 6.99. The van der Waals surface area contributed by atoms with E-state index in [1.165, 1.54) is 12.7 Å². The summed E-state index contributed by atoms with van der Waals surface area (Å²) < 4.78 is 25.1. The Bertz CT molecular complexity index is 620. The number of benzene rings is 1. The monoisotopic (exact) mass is 251 g/mol. The molecule has 0 amide bonds. The lowest BCUT2D eigenvalue weighted by molar-refractivity contribution is 0.598. The van der Waals surface area contributed by atoms with Crippen LogP contribution in [-0.2, 0) is 10.0 Å². The summed E-state index contributed by atoms with van der Waals surface area (Å²) in [6.45, 7) is 3.56. The van der Waals surface area contributed by atoms with Gasteiger partial charge in [0, 0.05) is 0 Å². The van der Waals surface area contributed by atoms with Gasteiger partial charge in [0.25, 0.3) is 0 Å². The summed E-state index contributed by atoms with van der Waals surface area (Å²) >= 11 is 0. The summed E-state index contributed by atoms with van der Waals surface area (Å²) in [6, 6.07) is 5.20. The van der Waals surface area contributed by atoms with Crippen molar-refractivity contribution in [3.8, 4) is 0 Å². The Morgan fingerprint density at radius 3 is 2.47 bits per heavy atom. The molecule has 0 aliphatic carbocycles. The van der Waals surface area contributed by atoms with E-state index < -0.39 is 10.0 Å². The lowest BCUT2D eigenvalue weighted by Gasteiger charge is -2.23. The van der Waals surface area contributed by atoms with Gasteiger partial charge in [0.05, 0.1) is 4.90 Å². The molecule has 0 atom stereocenters. The summed E-state index contributed by atoms with van der Waals surface area (Å²) in [4.78, 5) is 3.79. The zero-order chi connectivity index (χ0) is 12.5. The second-order valence-electron chi connectivity index (χ2n) is 3.67. The Kier molecular flexibility index (Phi) is 2.84. The van der Waals surface area contributed by atoms with E-state index in [0.717, 1.165) is 10.2 Å². The molecule has 0 N–H and O–H groups in total. The second kappa shape index (κ2) is 4.17. The van der Waals surface area contributed by atoms with Gasteiger partial charge in [-0.15, -0.1) is 10.2 Å². The molecule has 6 nitrogen and oxygen atoms in total. The van der Waals surface area contributed by atoms with Crippen LogP contribution in [0.3, 0.4) is 0 Å². The number of sulfonamides is 1. The molecule has 1 aromatic carbocycles. The maximum Gasteiger partial charge on any atom is 0.134 e.